The Morgan fingerprint density at radius 3 is 2.52 bits per heavy atom. The molecule has 1 unspecified atom stereocenters. The summed E-state index contributed by atoms with van der Waals surface area (Å²) in [5, 5.41) is 16.5. The summed E-state index contributed by atoms with van der Waals surface area (Å²) in [5.74, 6) is -1.90. The Kier molecular flexibility index (Phi) is 5.11. The van der Waals surface area contributed by atoms with Crippen molar-refractivity contribution in [3.63, 3.8) is 0 Å². The second kappa shape index (κ2) is 7.34. The van der Waals surface area contributed by atoms with Crippen LogP contribution in [0.15, 0.2) is 41.3 Å². The highest BCUT2D eigenvalue weighted by Gasteiger charge is 2.23. The van der Waals surface area contributed by atoms with Crippen LogP contribution in [0.4, 0.5) is 5.82 Å². The van der Waals surface area contributed by atoms with Gasteiger partial charge >= 0.3 is 5.97 Å². The molecule has 10 heteroatoms. The highest BCUT2D eigenvalue weighted by atomic mass is 35.5. The van der Waals surface area contributed by atoms with Crippen LogP contribution in [0.1, 0.15) is 23.5 Å². The number of carbonyl (C=O) groups is 2. The third-order valence-corrected chi connectivity index (χ3v) is 4.32. The number of anilines is 1. The van der Waals surface area contributed by atoms with Crippen LogP contribution in [-0.2, 0) is 4.79 Å². The van der Waals surface area contributed by atoms with E-state index in [1.807, 2.05) is 0 Å². The number of aromatic carboxylic acids is 1. The first kappa shape index (κ1) is 18.8. The van der Waals surface area contributed by atoms with Gasteiger partial charge < -0.3 is 10.4 Å². The Morgan fingerprint density at radius 1 is 1.22 bits per heavy atom. The molecule has 0 spiro atoms. The largest absolute Gasteiger partial charge is 0.476 e. The molecule has 1 aromatic carbocycles. The van der Waals surface area contributed by atoms with Gasteiger partial charge in [0.15, 0.2) is 11.5 Å². The first-order chi connectivity index (χ1) is 12.8. The number of benzene rings is 1. The van der Waals surface area contributed by atoms with E-state index in [1.165, 1.54) is 31.3 Å². The van der Waals surface area contributed by atoms with Crippen LogP contribution < -0.4 is 10.9 Å². The lowest BCUT2D eigenvalue weighted by Gasteiger charge is -2.16. The Labute approximate surface area is 162 Å². The van der Waals surface area contributed by atoms with Crippen LogP contribution >= 0.6 is 23.2 Å². The molecule has 2 N–H and O–H groups in total. The number of nitrogens with one attached hydrogen (secondary N) is 1. The minimum absolute atomic E-state index is 0.0604. The van der Waals surface area contributed by atoms with E-state index in [0.717, 1.165) is 4.68 Å². The Balaban J connectivity index is 2.03. The molecule has 8 nitrogen and oxygen atoms in total. The molecule has 2 aromatic heterocycles. The minimum Gasteiger partial charge on any atom is -0.476 e. The molecule has 0 bridgehead atoms. The zero-order chi connectivity index (χ0) is 19.7. The molecule has 0 saturated heterocycles. The highest BCUT2D eigenvalue weighted by Crippen LogP contribution is 2.23. The fourth-order valence-corrected chi connectivity index (χ4v) is 2.89. The molecule has 3 aromatic rings. The van der Waals surface area contributed by atoms with Gasteiger partial charge in [-0.3, -0.25) is 9.59 Å². The molecule has 0 saturated carbocycles. The molecule has 138 valence electrons. The zero-order valence-electron chi connectivity index (χ0n) is 13.8. The van der Waals surface area contributed by atoms with E-state index in [2.05, 4.69) is 15.4 Å². The van der Waals surface area contributed by atoms with Crippen LogP contribution in [0.2, 0.25) is 10.0 Å². The molecule has 0 aliphatic heterocycles. The zero-order valence-corrected chi connectivity index (χ0v) is 15.3. The maximum atomic E-state index is 12.7. The number of carbonyl (C=O) groups excluding carboxylic acids is 1. The number of carboxylic acid groups (broad SMARTS) is 1. The first-order valence-electron chi connectivity index (χ1n) is 7.66. The summed E-state index contributed by atoms with van der Waals surface area (Å²) in [6.45, 7) is 1.41. The number of halogens is 2. The number of pyridine rings is 1. The van der Waals surface area contributed by atoms with E-state index >= 15 is 0 Å². The third-order valence-electron chi connectivity index (χ3n) is 3.83. The van der Waals surface area contributed by atoms with Gasteiger partial charge in [-0.25, -0.2) is 14.5 Å². The fraction of sp³-hybridized carbons (Fsp3) is 0.118. The average Bonchev–Trinajstić information content (AvgIpc) is 2.63. The Morgan fingerprint density at radius 2 is 1.89 bits per heavy atom. The number of nitrogens with zero attached hydrogens (tertiary/aromatic N) is 3. The third kappa shape index (κ3) is 3.62. The van der Waals surface area contributed by atoms with Gasteiger partial charge in [0.25, 0.3) is 5.56 Å². The summed E-state index contributed by atoms with van der Waals surface area (Å²) in [6, 6.07) is 6.45. The van der Waals surface area contributed by atoms with Gasteiger partial charge in [-0.1, -0.05) is 41.4 Å². The smallest absolute Gasteiger partial charge is 0.357 e. The van der Waals surface area contributed by atoms with Crippen LogP contribution in [0.25, 0.3) is 10.8 Å². The van der Waals surface area contributed by atoms with Crippen molar-refractivity contribution in [1.29, 1.82) is 0 Å². The van der Waals surface area contributed by atoms with E-state index in [1.54, 1.807) is 12.1 Å². The number of rotatable bonds is 4. The summed E-state index contributed by atoms with van der Waals surface area (Å²) in [5.41, 5.74) is -0.916. The van der Waals surface area contributed by atoms with Gasteiger partial charge in [0.1, 0.15) is 6.04 Å². The summed E-state index contributed by atoms with van der Waals surface area (Å²) < 4.78 is 0.824. The van der Waals surface area contributed by atoms with E-state index in [4.69, 9.17) is 23.2 Å². The number of carboxylic acids is 1. The summed E-state index contributed by atoms with van der Waals surface area (Å²) in [7, 11) is 0. The number of amides is 1. The molecule has 0 aliphatic rings. The minimum atomic E-state index is -1.31. The van der Waals surface area contributed by atoms with Gasteiger partial charge in [-0.2, -0.15) is 5.10 Å². The van der Waals surface area contributed by atoms with E-state index in [0.29, 0.717) is 5.02 Å². The quantitative estimate of drug-likeness (QED) is 0.687. The van der Waals surface area contributed by atoms with Crippen molar-refractivity contribution in [3.8, 4) is 0 Å². The molecule has 0 radical (unpaired) electrons. The topological polar surface area (TPSA) is 114 Å². The van der Waals surface area contributed by atoms with Crippen LogP contribution in [0.5, 0.6) is 0 Å². The van der Waals surface area contributed by atoms with E-state index in [-0.39, 0.29) is 27.3 Å². The van der Waals surface area contributed by atoms with Crippen LogP contribution in [0.3, 0.4) is 0 Å². The number of hydrogen-bond acceptors (Lipinski definition) is 5. The van der Waals surface area contributed by atoms with Gasteiger partial charge in [0.2, 0.25) is 5.91 Å². The predicted octanol–water partition coefficient (Wildman–Crippen LogP) is 3.00. The average molecular weight is 407 g/mol. The SMILES string of the molecule is CC(C(=O)Nc1ncc(Cl)cc1Cl)n1nc(C(=O)O)c2ccccc2c1=O. The molecule has 3 rings (SSSR count). The van der Waals surface area contributed by atoms with E-state index in [9.17, 15) is 19.5 Å². The standard InChI is InChI=1S/C17H12Cl2N4O4/c1-8(15(24)21-14-12(19)6-9(18)7-20-14)23-16(25)11-5-3-2-4-10(11)13(22-23)17(26)27/h2-8H,1H3,(H,26,27)(H,20,21,24). The van der Waals surface area contributed by atoms with Crippen molar-refractivity contribution in [2.45, 2.75) is 13.0 Å². The normalized spacial score (nSPS) is 12.0. The Bertz CT molecular complexity index is 1130. The first-order valence-corrected chi connectivity index (χ1v) is 8.42. The monoisotopic (exact) mass is 406 g/mol. The maximum absolute atomic E-state index is 12.7. The summed E-state index contributed by atoms with van der Waals surface area (Å²) >= 11 is 11.7. The van der Waals surface area contributed by atoms with Crippen molar-refractivity contribution in [2.24, 2.45) is 0 Å². The van der Waals surface area contributed by atoms with Crippen molar-refractivity contribution in [3.05, 3.63) is 62.6 Å². The number of fused-ring (bicyclic) bond motifs is 1. The number of aromatic nitrogens is 3. The lowest BCUT2D eigenvalue weighted by atomic mass is 10.1. The molecule has 0 fully saturated rings. The molecule has 0 aliphatic carbocycles. The maximum Gasteiger partial charge on any atom is 0.357 e. The highest BCUT2D eigenvalue weighted by molar-refractivity contribution is 6.36. The molecular formula is C17H12Cl2N4O4. The van der Waals surface area contributed by atoms with Crippen molar-refractivity contribution in [2.75, 3.05) is 5.32 Å². The Hall–Kier alpha value is -2.97. The molecule has 1 atom stereocenters. The lowest BCUT2D eigenvalue weighted by Crippen LogP contribution is -2.35. The molecule has 2 heterocycles. The number of hydrogen-bond donors (Lipinski definition) is 2. The fourth-order valence-electron chi connectivity index (χ4n) is 2.47. The predicted molar refractivity (Wildman–Crippen MR) is 101 cm³/mol. The van der Waals surface area contributed by atoms with Crippen molar-refractivity contribution in [1.82, 2.24) is 14.8 Å². The van der Waals surface area contributed by atoms with Crippen molar-refractivity contribution >= 4 is 51.7 Å². The second-order valence-electron chi connectivity index (χ2n) is 5.60. The molecule has 1 amide bonds. The summed E-state index contributed by atoms with van der Waals surface area (Å²) in [4.78, 5) is 40.6. The van der Waals surface area contributed by atoms with Crippen molar-refractivity contribution < 1.29 is 14.7 Å². The second-order valence-corrected chi connectivity index (χ2v) is 6.44. The molecule has 27 heavy (non-hydrogen) atoms. The molecular weight excluding hydrogens is 395 g/mol. The van der Waals surface area contributed by atoms with E-state index < -0.39 is 23.5 Å². The summed E-state index contributed by atoms with van der Waals surface area (Å²) in [6.07, 6.45) is 1.30. The van der Waals surface area contributed by atoms with Crippen LogP contribution in [0, 0.1) is 0 Å². The van der Waals surface area contributed by atoms with Gasteiger partial charge in [0, 0.05) is 11.6 Å². The van der Waals surface area contributed by atoms with Gasteiger partial charge in [-0.05, 0) is 19.1 Å². The van der Waals surface area contributed by atoms with Gasteiger partial charge in [-0.15, -0.1) is 0 Å². The van der Waals surface area contributed by atoms with Gasteiger partial charge in [0.05, 0.1) is 15.4 Å². The lowest BCUT2D eigenvalue weighted by molar-refractivity contribution is -0.119. The van der Waals surface area contributed by atoms with Crippen LogP contribution in [-0.4, -0.2) is 31.7 Å².